The first-order valence-electron chi connectivity index (χ1n) is 5.22. The zero-order chi connectivity index (χ0) is 13.3. The predicted octanol–water partition coefficient (Wildman–Crippen LogP) is 1.04. The molecule has 1 aromatic carbocycles. The largest absolute Gasteiger partial charge is 0.478 e. The number of carbonyl (C=O) groups is 2. The van der Waals surface area contributed by atoms with Crippen molar-refractivity contribution in [3.8, 4) is 0 Å². The third kappa shape index (κ3) is 1.93. The van der Waals surface area contributed by atoms with Crippen LogP contribution in [-0.2, 0) is 9.53 Å². The first-order chi connectivity index (χ1) is 8.54. The van der Waals surface area contributed by atoms with Gasteiger partial charge in [-0.2, -0.15) is 0 Å². The molecule has 0 saturated carbocycles. The maximum atomic E-state index is 11.4. The van der Waals surface area contributed by atoms with Crippen molar-refractivity contribution in [3.05, 3.63) is 35.5 Å². The highest BCUT2D eigenvalue weighted by molar-refractivity contribution is 5.96. The number of benzene rings is 1. The van der Waals surface area contributed by atoms with Crippen molar-refractivity contribution in [2.75, 3.05) is 7.11 Å². The van der Waals surface area contributed by atoms with Crippen LogP contribution in [0, 0.1) is 0 Å². The molecule has 1 unspecified atom stereocenters. The predicted molar refractivity (Wildman–Crippen MR) is 64.2 cm³/mol. The molecule has 2 aromatic rings. The van der Waals surface area contributed by atoms with Crippen molar-refractivity contribution >= 4 is 22.8 Å². The summed E-state index contributed by atoms with van der Waals surface area (Å²) in [6.45, 7) is 0. The van der Waals surface area contributed by atoms with Crippen LogP contribution in [0.2, 0.25) is 0 Å². The van der Waals surface area contributed by atoms with Crippen LogP contribution in [0.5, 0.6) is 0 Å². The molecule has 1 atom stereocenters. The number of rotatable bonds is 3. The molecule has 94 valence electrons. The van der Waals surface area contributed by atoms with Crippen LogP contribution in [0.4, 0.5) is 0 Å². The van der Waals surface area contributed by atoms with Crippen LogP contribution in [-0.4, -0.2) is 29.1 Å². The average molecular weight is 248 g/mol. The molecule has 1 aromatic heterocycles. The van der Waals surface area contributed by atoms with Gasteiger partial charge < -0.3 is 20.6 Å². The third-order valence-electron chi connectivity index (χ3n) is 2.75. The number of esters is 1. The van der Waals surface area contributed by atoms with E-state index in [0.29, 0.717) is 16.5 Å². The Morgan fingerprint density at radius 2 is 2.17 bits per heavy atom. The van der Waals surface area contributed by atoms with Crippen molar-refractivity contribution in [2.45, 2.75) is 6.04 Å². The van der Waals surface area contributed by atoms with Gasteiger partial charge in [0.05, 0.1) is 12.7 Å². The number of aromatic amines is 1. The number of hydrogen-bond acceptors (Lipinski definition) is 4. The molecule has 4 N–H and O–H groups in total. The zero-order valence-corrected chi connectivity index (χ0v) is 9.64. The van der Waals surface area contributed by atoms with Gasteiger partial charge in [-0.05, 0) is 12.1 Å². The van der Waals surface area contributed by atoms with E-state index in [-0.39, 0.29) is 5.56 Å². The zero-order valence-electron chi connectivity index (χ0n) is 9.64. The van der Waals surface area contributed by atoms with E-state index in [1.165, 1.54) is 19.2 Å². The minimum Gasteiger partial charge on any atom is -0.478 e. The summed E-state index contributed by atoms with van der Waals surface area (Å²) in [6.07, 6.45) is 1.58. The third-order valence-corrected chi connectivity index (χ3v) is 2.75. The molecular weight excluding hydrogens is 236 g/mol. The van der Waals surface area contributed by atoms with Gasteiger partial charge in [0, 0.05) is 22.7 Å². The number of carboxylic acid groups (broad SMARTS) is 1. The number of aromatic carboxylic acids is 1. The number of nitrogens with two attached hydrogens (primary N) is 1. The van der Waals surface area contributed by atoms with Crippen molar-refractivity contribution < 1.29 is 19.4 Å². The Hall–Kier alpha value is -2.34. The number of aromatic nitrogens is 1. The molecule has 18 heavy (non-hydrogen) atoms. The second kappa shape index (κ2) is 4.50. The molecule has 0 radical (unpaired) electrons. The van der Waals surface area contributed by atoms with Crippen LogP contribution in [0.15, 0.2) is 24.4 Å². The summed E-state index contributed by atoms with van der Waals surface area (Å²) < 4.78 is 4.57. The van der Waals surface area contributed by atoms with Crippen LogP contribution in [0.3, 0.4) is 0 Å². The Kier molecular flexibility index (Phi) is 3.03. The second-order valence-corrected chi connectivity index (χ2v) is 3.81. The lowest BCUT2D eigenvalue weighted by Crippen LogP contribution is -2.22. The maximum Gasteiger partial charge on any atom is 0.335 e. The molecule has 2 rings (SSSR count). The lowest BCUT2D eigenvalue weighted by Gasteiger charge is -2.07. The Labute approximate surface area is 102 Å². The molecule has 0 aliphatic rings. The molecule has 0 aliphatic heterocycles. The fourth-order valence-corrected chi connectivity index (χ4v) is 1.79. The number of fused-ring (bicyclic) bond motifs is 1. The summed E-state index contributed by atoms with van der Waals surface area (Å²) in [5, 5.41) is 9.58. The number of hydrogen-bond donors (Lipinski definition) is 3. The summed E-state index contributed by atoms with van der Waals surface area (Å²) in [7, 11) is 1.26. The van der Waals surface area contributed by atoms with E-state index in [0.717, 1.165) is 0 Å². The molecule has 0 aliphatic carbocycles. The number of methoxy groups -OCH3 is 1. The van der Waals surface area contributed by atoms with Gasteiger partial charge in [0.1, 0.15) is 6.04 Å². The van der Waals surface area contributed by atoms with Crippen molar-refractivity contribution in [3.63, 3.8) is 0 Å². The Morgan fingerprint density at radius 1 is 1.44 bits per heavy atom. The smallest absolute Gasteiger partial charge is 0.335 e. The number of nitrogens with one attached hydrogen (secondary N) is 1. The van der Waals surface area contributed by atoms with E-state index in [1.807, 2.05) is 0 Å². The van der Waals surface area contributed by atoms with Gasteiger partial charge in [0.25, 0.3) is 0 Å². The normalized spacial score (nSPS) is 12.3. The van der Waals surface area contributed by atoms with E-state index in [2.05, 4.69) is 9.72 Å². The average Bonchev–Trinajstić information content (AvgIpc) is 2.79. The summed E-state index contributed by atoms with van der Waals surface area (Å²) in [5.41, 5.74) is 7.11. The van der Waals surface area contributed by atoms with E-state index in [1.54, 1.807) is 12.3 Å². The highest BCUT2D eigenvalue weighted by Crippen LogP contribution is 2.24. The molecule has 6 nitrogen and oxygen atoms in total. The maximum absolute atomic E-state index is 11.4. The minimum atomic E-state index is -1.01. The number of carbonyl (C=O) groups excluding carboxylic acids is 1. The number of ether oxygens (including phenoxy) is 1. The lowest BCUT2D eigenvalue weighted by molar-refractivity contribution is -0.142. The summed E-state index contributed by atoms with van der Waals surface area (Å²) >= 11 is 0. The van der Waals surface area contributed by atoms with E-state index < -0.39 is 18.0 Å². The molecule has 0 saturated heterocycles. The molecule has 6 heteroatoms. The van der Waals surface area contributed by atoms with Crippen LogP contribution in [0.1, 0.15) is 22.0 Å². The van der Waals surface area contributed by atoms with Gasteiger partial charge in [-0.1, -0.05) is 6.07 Å². The molecule has 0 spiro atoms. The van der Waals surface area contributed by atoms with Crippen molar-refractivity contribution in [2.24, 2.45) is 5.73 Å². The van der Waals surface area contributed by atoms with Crippen molar-refractivity contribution in [1.82, 2.24) is 4.98 Å². The highest BCUT2D eigenvalue weighted by atomic mass is 16.5. The molecule has 0 fully saturated rings. The lowest BCUT2D eigenvalue weighted by atomic mass is 10.1. The van der Waals surface area contributed by atoms with Gasteiger partial charge in [-0.25, -0.2) is 4.79 Å². The Morgan fingerprint density at radius 3 is 2.78 bits per heavy atom. The molecule has 0 bridgehead atoms. The first kappa shape index (κ1) is 12.1. The summed E-state index contributed by atoms with van der Waals surface area (Å²) in [6, 6.07) is 3.68. The monoisotopic (exact) mass is 248 g/mol. The fourth-order valence-electron chi connectivity index (χ4n) is 1.79. The topological polar surface area (TPSA) is 105 Å². The van der Waals surface area contributed by atoms with E-state index >= 15 is 0 Å². The van der Waals surface area contributed by atoms with Crippen LogP contribution >= 0.6 is 0 Å². The van der Waals surface area contributed by atoms with Crippen LogP contribution < -0.4 is 5.73 Å². The van der Waals surface area contributed by atoms with E-state index in [9.17, 15) is 9.59 Å². The highest BCUT2D eigenvalue weighted by Gasteiger charge is 2.20. The van der Waals surface area contributed by atoms with Gasteiger partial charge >= 0.3 is 11.9 Å². The summed E-state index contributed by atoms with van der Waals surface area (Å²) in [5.74, 6) is -1.55. The quantitative estimate of drug-likeness (QED) is 0.704. The molecule has 0 amide bonds. The van der Waals surface area contributed by atoms with Crippen molar-refractivity contribution in [1.29, 1.82) is 0 Å². The minimum absolute atomic E-state index is 0.169. The van der Waals surface area contributed by atoms with E-state index in [4.69, 9.17) is 10.8 Å². The van der Waals surface area contributed by atoms with Gasteiger partial charge in [-0.15, -0.1) is 0 Å². The standard InChI is InChI=1S/C12H12N2O4/c1-18-12(17)10(13)8-5-14-9-4-6(11(15)16)2-3-7(8)9/h2-5,10,14H,13H2,1H3,(H,15,16). The van der Waals surface area contributed by atoms with Gasteiger partial charge in [-0.3, -0.25) is 4.79 Å². The van der Waals surface area contributed by atoms with Gasteiger partial charge in [0.15, 0.2) is 0 Å². The second-order valence-electron chi connectivity index (χ2n) is 3.81. The number of carboxylic acids is 1. The van der Waals surface area contributed by atoms with Crippen LogP contribution in [0.25, 0.3) is 10.9 Å². The SMILES string of the molecule is COC(=O)C(N)c1c[nH]c2cc(C(=O)O)ccc12. The Balaban J connectivity index is 2.49. The number of H-pyrrole nitrogens is 1. The molecule has 1 heterocycles. The first-order valence-corrected chi connectivity index (χ1v) is 5.22. The Bertz CT molecular complexity index is 618. The molecular formula is C12H12N2O4. The summed E-state index contributed by atoms with van der Waals surface area (Å²) in [4.78, 5) is 25.1. The fraction of sp³-hybridized carbons (Fsp3) is 0.167. The van der Waals surface area contributed by atoms with Gasteiger partial charge in [0.2, 0.25) is 0 Å².